The van der Waals surface area contributed by atoms with Crippen molar-refractivity contribution >= 4 is 55.4 Å². The smallest absolute Gasteiger partial charge is 0.152 e. The molecule has 0 atom stereocenters. The molecule has 0 saturated carbocycles. The van der Waals surface area contributed by atoms with E-state index < -0.39 is 0 Å². The quantitative estimate of drug-likeness (QED) is 0.300. The van der Waals surface area contributed by atoms with E-state index in [1.54, 1.807) is 23.7 Å². The maximum Gasteiger partial charge on any atom is 0.152 e. The minimum Gasteiger partial charge on any atom is -0.486 e. The number of anilines is 2. The van der Waals surface area contributed by atoms with Crippen LogP contribution in [0, 0.1) is 13.8 Å². The van der Waals surface area contributed by atoms with Crippen LogP contribution < -0.4 is 15.8 Å². The lowest BCUT2D eigenvalue weighted by Gasteiger charge is -2.15. The second kappa shape index (κ2) is 8.84. The summed E-state index contributed by atoms with van der Waals surface area (Å²) in [5.41, 5.74) is 9.59. The van der Waals surface area contributed by atoms with Crippen molar-refractivity contribution in [2.45, 2.75) is 27.0 Å². The van der Waals surface area contributed by atoms with Crippen LogP contribution in [0.4, 0.5) is 11.6 Å². The van der Waals surface area contributed by atoms with Crippen molar-refractivity contribution in [3.63, 3.8) is 0 Å². The van der Waals surface area contributed by atoms with E-state index in [4.69, 9.17) is 22.1 Å². The van der Waals surface area contributed by atoms with Gasteiger partial charge >= 0.3 is 0 Å². The fourth-order valence-electron chi connectivity index (χ4n) is 3.99. The van der Waals surface area contributed by atoms with Crippen LogP contribution in [0.2, 0.25) is 5.02 Å². The highest BCUT2D eigenvalue weighted by Gasteiger charge is 2.11. The van der Waals surface area contributed by atoms with Crippen molar-refractivity contribution in [2.24, 2.45) is 0 Å². The third-order valence-electron chi connectivity index (χ3n) is 5.70. The minimum atomic E-state index is 0.459. The van der Waals surface area contributed by atoms with E-state index >= 15 is 0 Å². The summed E-state index contributed by atoms with van der Waals surface area (Å²) in [4.78, 5) is 5.32. The Kier molecular flexibility index (Phi) is 5.74. The lowest BCUT2D eigenvalue weighted by atomic mass is 9.96. The number of hydrogen-bond donors (Lipinski definition) is 2. The summed E-state index contributed by atoms with van der Waals surface area (Å²) >= 11 is 7.78. The standard InChI is InChI=1S/C25H22ClN5OS/c1-14-7-21-20(5-6-28-25(21)27)15(2)22(14)12-29-24-10-18(11-30-31-24)32-13-19-9-16-8-17(26)3-4-23(16)33-19/h3-11H,12-13H2,1-2H3,(H2,27,28)(H,29,31). The zero-order valence-corrected chi connectivity index (χ0v) is 19.8. The van der Waals surface area contributed by atoms with Crippen LogP contribution in [-0.2, 0) is 13.2 Å². The molecular formula is C25H22ClN5OS. The highest BCUT2D eigenvalue weighted by atomic mass is 35.5. The lowest BCUT2D eigenvalue weighted by molar-refractivity contribution is 0.308. The minimum absolute atomic E-state index is 0.459. The molecule has 0 spiro atoms. The Bertz CT molecular complexity index is 1480. The number of rotatable bonds is 6. The van der Waals surface area contributed by atoms with Gasteiger partial charge in [0.1, 0.15) is 18.2 Å². The molecule has 2 aromatic carbocycles. The molecule has 33 heavy (non-hydrogen) atoms. The summed E-state index contributed by atoms with van der Waals surface area (Å²) in [6.45, 7) is 5.26. The van der Waals surface area contributed by atoms with Gasteiger partial charge < -0.3 is 15.8 Å². The SMILES string of the molecule is Cc1cc2c(N)nccc2c(C)c1CNc1cc(OCc2cc3cc(Cl)ccc3s2)cnn1. The first-order valence-electron chi connectivity index (χ1n) is 10.5. The molecule has 0 amide bonds. The molecule has 5 rings (SSSR count). The van der Waals surface area contributed by atoms with Gasteiger partial charge in [0.05, 0.1) is 6.20 Å². The molecule has 5 aromatic rings. The van der Waals surface area contributed by atoms with E-state index in [1.807, 2.05) is 30.3 Å². The molecule has 0 fully saturated rings. The molecule has 0 aliphatic rings. The number of nitrogens with one attached hydrogen (secondary N) is 1. The Balaban J connectivity index is 1.29. The zero-order valence-electron chi connectivity index (χ0n) is 18.2. The highest BCUT2D eigenvalue weighted by Crippen LogP contribution is 2.30. The summed E-state index contributed by atoms with van der Waals surface area (Å²) in [7, 11) is 0. The molecule has 0 radical (unpaired) electrons. The van der Waals surface area contributed by atoms with Gasteiger partial charge in [0, 0.05) is 38.8 Å². The first kappa shape index (κ1) is 21.4. The van der Waals surface area contributed by atoms with Crippen LogP contribution >= 0.6 is 22.9 Å². The largest absolute Gasteiger partial charge is 0.486 e. The zero-order chi connectivity index (χ0) is 22.9. The average molecular weight is 476 g/mol. The van der Waals surface area contributed by atoms with Gasteiger partial charge in [-0.1, -0.05) is 11.6 Å². The second-order valence-corrected chi connectivity index (χ2v) is 9.51. The van der Waals surface area contributed by atoms with Gasteiger partial charge in [-0.05, 0) is 77.7 Å². The number of thiophene rings is 1. The Hall–Kier alpha value is -3.42. The van der Waals surface area contributed by atoms with Gasteiger partial charge in [-0.2, -0.15) is 5.10 Å². The number of nitrogens with two attached hydrogens (primary N) is 1. The second-order valence-electron chi connectivity index (χ2n) is 7.90. The molecule has 3 heterocycles. The normalized spacial score (nSPS) is 11.2. The predicted molar refractivity (Wildman–Crippen MR) is 136 cm³/mol. The Morgan fingerprint density at radius 1 is 1.09 bits per heavy atom. The van der Waals surface area contributed by atoms with Crippen molar-refractivity contribution < 1.29 is 4.74 Å². The Morgan fingerprint density at radius 3 is 2.85 bits per heavy atom. The van der Waals surface area contributed by atoms with Crippen molar-refractivity contribution in [3.05, 3.63) is 81.4 Å². The number of ether oxygens (including phenoxy) is 1. The van der Waals surface area contributed by atoms with Gasteiger partial charge in [0.25, 0.3) is 0 Å². The number of nitrogens with zero attached hydrogens (tertiary/aromatic N) is 3. The molecule has 6 nitrogen and oxygen atoms in total. The van der Waals surface area contributed by atoms with E-state index in [1.165, 1.54) is 15.8 Å². The predicted octanol–water partition coefficient (Wildman–Crippen LogP) is 6.28. The number of aromatic nitrogens is 3. The van der Waals surface area contributed by atoms with Crippen molar-refractivity contribution in [1.82, 2.24) is 15.2 Å². The van der Waals surface area contributed by atoms with Crippen LogP contribution in [0.15, 0.2) is 54.9 Å². The summed E-state index contributed by atoms with van der Waals surface area (Å²) < 4.78 is 7.16. The van der Waals surface area contributed by atoms with Crippen molar-refractivity contribution in [1.29, 1.82) is 0 Å². The molecule has 3 N–H and O–H groups in total. The number of aryl methyl sites for hydroxylation is 2. The molecule has 3 aromatic heterocycles. The van der Waals surface area contributed by atoms with Crippen LogP contribution in [0.5, 0.6) is 5.75 Å². The molecule has 166 valence electrons. The lowest BCUT2D eigenvalue weighted by Crippen LogP contribution is -2.07. The Labute approximate surface area is 200 Å². The van der Waals surface area contributed by atoms with Crippen LogP contribution in [-0.4, -0.2) is 15.2 Å². The van der Waals surface area contributed by atoms with Crippen molar-refractivity contribution in [2.75, 3.05) is 11.1 Å². The van der Waals surface area contributed by atoms with Crippen LogP contribution in [0.25, 0.3) is 20.9 Å². The first-order chi connectivity index (χ1) is 16.0. The van der Waals surface area contributed by atoms with E-state index in [9.17, 15) is 0 Å². The Morgan fingerprint density at radius 2 is 1.97 bits per heavy atom. The molecular weight excluding hydrogens is 454 g/mol. The van der Waals surface area contributed by atoms with Crippen LogP contribution in [0.3, 0.4) is 0 Å². The number of pyridine rings is 1. The number of halogens is 1. The fraction of sp³-hybridized carbons (Fsp3) is 0.160. The highest BCUT2D eigenvalue weighted by molar-refractivity contribution is 7.19. The van der Waals surface area contributed by atoms with Gasteiger partial charge in [-0.25, -0.2) is 4.98 Å². The molecule has 0 aliphatic heterocycles. The number of hydrogen-bond acceptors (Lipinski definition) is 7. The summed E-state index contributed by atoms with van der Waals surface area (Å²) in [5, 5.41) is 15.6. The molecule has 0 aliphatic carbocycles. The van der Waals surface area contributed by atoms with Gasteiger partial charge in [0.2, 0.25) is 0 Å². The molecule has 0 saturated heterocycles. The molecule has 0 bridgehead atoms. The average Bonchev–Trinajstić information content (AvgIpc) is 3.21. The van der Waals surface area contributed by atoms with E-state index in [0.29, 0.717) is 30.5 Å². The summed E-state index contributed by atoms with van der Waals surface area (Å²) in [6, 6.07) is 14.0. The fourth-order valence-corrected chi connectivity index (χ4v) is 5.13. The topological polar surface area (TPSA) is 86.0 Å². The monoisotopic (exact) mass is 475 g/mol. The van der Waals surface area contributed by atoms with Gasteiger partial charge in [-0.3, -0.25) is 0 Å². The summed E-state index contributed by atoms with van der Waals surface area (Å²) in [5.74, 6) is 1.87. The number of fused-ring (bicyclic) bond motifs is 2. The first-order valence-corrected chi connectivity index (χ1v) is 11.7. The third kappa shape index (κ3) is 4.42. The van der Waals surface area contributed by atoms with Gasteiger partial charge in [-0.15, -0.1) is 16.4 Å². The maximum atomic E-state index is 6.09. The number of benzene rings is 2. The van der Waals surface area contributed by atoms with E-state index in [2.05, 4.69) is 46.5 Å². The van der Waals surface area contributed by atoms with Gasteiger partial charge in [0.15, 0.2) is 5.82 Å². The third-order valence-corrected chi connectivity index (χ3v) is 7.03. The van der Waals surface area contributed by atoms with Crippen LogP contribution in [0.1, 0.15) is 21.6 Å². The maximum absolute atomic E-state index is 6.09. The van der Waals surface area contributed by atoms with Crippen molar-refractivity contribution in [3.8, 4) is 5.75 Å². The van der Waals surface area contributed by atoms with E-state index in [-0.39, 0.29) is 0 Å². The molecule has 0 unspecified atom stereocenters. The number of nitrogen functional groups attached to an aromatic ring is 1. The van der Waals surface area contributed by atoms with E-state index in [0.717, 1.165) is 31.6 Å². The summed E-state index contributed by atoms with van der Waals surface area (Å²) in [6.07, 6.45) is 3.37. The molecule has 8 heteroatoms.